The van der Waals surface area contributed by atoms with Crippen LogP contribution in [0.1, 0.15) is 49.3 Å². The topological polar surface area (TPSA) is 109 Å². The zero-order valence-electron chi connectivity index (χ0n) is 24.7. The minimum Gasteiger partial charge on any atom is -0.508 e. The molecular weight excluding hydrogens is 565 g/mol. The summed E-state index contributed by atoms with van der Waals surface area (Å²) in [6.07, 6.45) is 11.0. The van der Waals surface area contributed by atoms with E-state index in [-0.39, 0.29) is 47.8 Å². The molecule has 0 bridgehead atoms. The van der Waals surface area contributed by atoms with E-state index in [0.717, 1.165) is 38.6 Å². The van der Waals surface area contributed by atoms with Crippen molar-refractivity contribution in [1.82, 2.24) is 20.2 Å². The number of hydrogen-bond donors (Lipinski definition) is 2. The lowest BCUT2D eigenvalue weighted by Crippen LogP contribution is -2.42. The van der Waals surface area contributed by atoms with Gasteiger partial charge >= 0.3 is 6.01 Å². The normalized spacial score (nSPS) is 21.8. The van der Waals surface area contributed by atoms with Gasteiger partial charge in [-0.3, -0.25) is 4.79 Å². The van der Waals surface area contributed by atoms with Crippen LogP contribution in [0.3, 0.4) is 0 Å². The Balaban J connectivity index is 1.37. The van der Waals surface area contributed by atoms with Crippen LogP contribution in [0.5, 0.6) is 23.4 Å². The number of rotatable bonds is 7. The molecule has 4 heterocycles. The first-order valence-corrected chi connectivity index (χ1v) is 15.0. The molecule has 6 rings (SSSR count). The van der Waals surface area contributed by atoms with Crippen molar-refractivity contribution >= 4 is 22.5 Å². The number of carbonyl (C=O) groups is 1. The van der Waals surface area contributed by atoms with Gasteiger partial charge in [0.15, 0.2) is 11.9 Å². The van der Waals surface area contributed by atoms with Crippen molar-refractivity contribution in [2.45, 2.75) is 50.3 Å². The van der Waals surface area contributed by atoms with Gasteiger partial charge in [-0.1, -0.05) is 18.6 Å². The highest BCUT2D eigenvalue weighted by Crippen LogP contribution is 2.44. The van der Waals surface area contributed by atoms with Gasteiger partial charge in [-0.05, 0) is 75.4 Å². The number of aromatic hydroxyl groups is 1. The fourth-order valence-corrected chi connectivity index (χ4v) is 6.29. The average Bonchev–Trinajstić information content (AvgIpc) is 3.29. The minimum absolute atomic E-state index is 0.0123. The van der Waals surface area contributed by atoms with E-state index < -0.39 is 11.9 Å². The van der Waals surface area contributed by atoms with Gasteiger partial charge in [-0.2, -0.15) is 9.97 Å². The van der Waals surface area contributed by atoms with Crippen molar-refractivity contribution in [2.24, 2.45) is 0 Å². The summed E-state index contributed by atoms with van der Waals surface area (Å²) in [5, 5.41) is 14.6. The molecule has 3 aliphatic rings. The fourth-order valence-electron chi connectivity index (χ4n) is 6.29. The highest BCUT2D eigenvalue weighted by atomic mass is 19.1. The largest absolute Gasteiger partial charge is 0.508 e. The number of ether oxygens (including phenoxy) is 3. The van der Waals surface area contributed by atoms with Gasteiger partial charge in [0.2, 0.25) is 11.7 Å². The Morgan fingerprint density at radius 3 is 2.91 bits per heavy atom. The van der Waals surface area contributed by atoms with E-state index in [0.29, 0.717) is 47.6 Å². The quantitative estimate of drug-likeness (QED) is 0.306. The predicted octanol–water partition coefficient (Wildman–Crippen LogP) is 4.10. The van der Waals surface area contributed by atoms with Crippen LogP contribution in [0.15, 0.2) is 36.9 Å². The van der Waals surface area contributed by atoms with Crippen LogP contribution in [0.25, 0.3) is 10.8 Å². The molecule has 2 unspecified atom stereocenters. The Hall–Kier alpha value is -4.56. The molecule has 230 valence electrons. The molecule has 2 saturated heterocycles. The second-order valence-corrected chi connectivity index (χ2v) is 11.5. The first kappa shape index (κ1) is 29.5. The molecule has 3 aliphatic heterocycles. The predicted molar refractivity (Wildman–Crippen MR) is 164 cm³/mol. The molecule has 0 radical (unpaired) electrons. The summed E-state index contributed by atoms with van der Waals surface area (Å²) < 4.78 is 33.7. The Morgan fingerprint density at radius 2 is 2.14 bits per heavy atom. The molecule has 44 heavy (non-hydrogen) atoms. The molecule has 3 aromatic rings. The third-order valence-electron chi connectivity index (χ3n) is 8.58. The molecule has 2 aromatic carbocycles. The first-order chi connectivity index (χ1) is 21.3. The van der Waals surface area contributed by atoms with Crippen LogP contribution < -0.4 is 24.4 Å². The smallest absolute Gasteiger partial charge is 0.322 e. The SMILES string of the molecule is C#Cc1c(F)ccc2cc(O)cc(C3COc4c(nc(OC[C@@H]5CCCN5C)nc4N4CCCCC(NC(=O)C=C)C4)O3)c12. The van der Waals surface area contributed by atoms with Crippen LogP contribution in [0, 0.1) is 18.2 Å². The number of terminal acetylenes is 1. The average molecular weight is 602 g/mol. The zero-order chi connectivity index (χ0) is 30.8. The molecule has 3 atom stereocenters. The van der Waals surface area contributed by atoms with Gasteiger partial charge in [0.25, 0.3) is 5.88 Å². The Bertz CT molecular complexity index is 1620. The highest BCUT2D eigenvalue weighted by molar-refractivity contribution is 5.93. The molecule has 0 spiro atoms. The summed E-state index contributed by atoms with van der Waals surface area (Å²) in [5.74, 6) is 2.71. The molecule has 2 fully saturated rings. The van der Waals surface area contributed by atoms with Gasteiger partial charge in [0.1, 0.15) is 24.8 Å². The van der Waals surface area contributed by atoms with E-state index >= 15 is 0 Å². The second-order valence-electron chi connectivity index (χ2n) is 11.5. The first-order valence-electron chi connectivity index (χ1n) is 15.0. The number of nitrogens with zero attached hydrogens (tertiary/aromatic N) is 4. The van der Waals surface area contributed by atoms with Gasteiger partial charge in [-0.25, -0.2) is 4.39 Å². The summed E-state index contributed by atoms with van der Waals surface area (Å²) in [7, 11) is 2.07. The summed E-state index contributed by atoms with van der Waals surface area (Å²) in [6.45, 7) is 6.23. The van der Waals surface area contributed by atoms with Crippen LogP contribution >= 0.6 is 0 Å². The number of phenols is 1. The number of nitrogens with one attached hydrogen (secondary N) is 1. The number of fused-ring (bicyclic) bond motifs is 2. The second kappa shape index (κ2) is 12.6. The minimum atomic E-state index is -0.758. The van der Waals surface area contributed by atoms with Crippen LogP contribution in [0.2, 0.25) is 0 Å². The van der Waals surface area contributed by atoms with E-state index in [1.807, 2.05) is 0 Å². The third kappa shape index (κ3) is 5.95. The maximum absolute atomic E-state index is 14.8. The molecular formula is C33H36FN5O5. The third-order valence-corrected chi connectivity index (χ3v) is 8.58. The van der Waals surface area contributed by atoms with Gasteiger partial charge in [0.05, 0.1) is 5.56 Å². The van der Waals surface area contributed by atoms with E-state index in [1.54, 1.807) is 6.07 Å². The van der Waals surface area contributed by atoms with Crippen molar-refractivity contribution in [3.63, 3.8) is 0 Å². The van der Waals surface area contributed by atoms with Gasteiger partial charge in [0, 0.05) is 36.1 Å². The lowest BCUT2D eigenvalue weighted by Gasteiger charge is -2.32. The van der Waals surface area contributed by atoms with Crippen molar-refractivity contribution < 1.29 is 28.5 Å². The number of benzene rings is 2. The Morgan fingerprint density at radius 1 is 1.27 bits per heavy atom. The summed E-state index contributed by atoms with van der Waals surface area (Å²) in [6, 6.07) is 6.18. The molecule has 1 aromatic heterocycles. The van der Waals surface area contributed by atoms with Gasteiger partial charge < -0.3 is 34.4 Å². The number of likely N-dealkylation sites (N-methyl/N-ethyl adjacent to an activating group) is 1. The van der Waals surface area contributed by atoms with Crippen LogP contribution in [0.4, 0.5) is 10.2 Å². The molecule has 0 aliphatic carbocycles. The summed E-state index contributed by atoms with van der Waals surface area (Å²) >= 11 is 0. The van der Waals surface area contributed by atoms with Crippen LogP contribution in [-0.2, 0) is 4.79 Å². The fraction of sp³-hybridized carbons (Fsp3) is 0.424. The lowest BCUT2D eigenvalue weighted by molar-refractivity contribution is -0.117. The van der Waals surface area contributed by atoms with E-state index in [1.165, 1.54) is 24.3 Å². The van der Waals surface area contributed by atoms with Crippen molar-refractivity contribution in [2.75, 3.05) is 44.8 Å². The van der Waals surface area contributed by atoms with Crippen molar-refractivity contribution in [1.29, 1.82) is 0 Å². The van der Waals surface area contributed by atoms with Crippen molar-refractivity contribution in [3.05, 3.63) is 53.9 Å². The molecule has 0 saturated carbocycles. The van der Waals surface area contributed by atoms with E-state index in [9.17, 15) is 14.3 Å². The van der Waals surface area contributed by atoms with Crippen molar-refractivity contribution in [3.8, 4) is 35.7 Å². The monoisotopic (exact) mass is 601 g/mol. The van der Waals surface area contributed by atoms with E-state index in [2.05, 4.69) is 39.6 Å². The number of phenolic OH excluding ortho intramolecular Hbond substituents is 1. The number of carbonyl (C=O) groups excluding carboxylic acids is 1. The zero-order valence-corrected chi connectivity index (χ0v) is 24.7. The number of amides is 1. The summed E-state index contributed by atoms with van der Waals surface area (Å²) in [5.41, 5.74) is 0.562. The number of likely N-dealkylation sites (tertiary alicyclic amines) is 1. The molecule has 1 amide bonds. The Labute approximate surface area is 255 Å². The standard InChI is InChI=1S/C33H36FN5O5/c1-4-24-26(34)12-11-20-15-23(40)16-25(29(20)24)27-19-42-30-31(39-14-7-6-9-21(17-39)35-28(41)5-2)36-33(37-32(30)44-27)43-18-22-10-8-13-38(22)3/h1,5,11-12,15-16,21-22,27,40H,2,6-10,13-14,17-19H2,3H3,(H,35,41)/t21?,22-,27?/m0/s1. The number of hydrogen-bond acceptors (Lipinski definition) is 9. The maximum atomic E-state index is 14.8. The lowest BCUT2D eigenvalue weighted by atomic mass is 9.95. The number of halogens is 1. The van der Waals surface area contributed by atoms with E-state index in [4.69, 9.17) is 25.6 Å². The molecule has 2 N–H and O–H groups in total. The van der Waals surface area contributed by atoms with Gasteiger partial charge in [-0.15, -0.1) is 6.42 Å². The maximum Gasteiger partial charge on any atom is 0.322 e. The number of anilines is 1. The Kier molecular flexibility index (Phi) is 8.44. The molecule has 10 nitrogen and oxygen atoms in total. The molecule has 11 heteroatoms. The van der Waals surface area contributed by atoms with Crippen LogP contribution in [-0.4, -0.2) is 77.9 Å². The highest BCUT2D eigenvalue weighted by Gasteiger charge is 2.34. The summed E-state index contributed by atoms with van der Waals surface area (Å²) in [4.78, 5) is 25.8. The number of aromatic nitrogens is 2.